The highest BCUT2D eigenvalue weighted by Gasteiger charge is 2.33. The Hall–Kier alpha value is -3.91. The van der Waals surface area contributed by atoms with Gasteiger partial charge in [0.15, 0.2) is 16.3 Å². The SMILES string of the molecule is C=CCOC(=O)C1=C(C)N=c2s/c(=C\c3ccccc3)c(=O)n2C1c1ccc(OC)c(OC)c1. The second-order valence-corrected chi connectivity index (χ2v) is 8.50. The van der Waals surface area contributed by atoms with Crippen LogP contribution in [0.4, 0.5) is 0 Å². The van der Waals surface area contributed by atoms with Crippen LogP contribution in [0.5, 0.6) is 11.5 Å². The highest BCUT2D eigenvalue weighted by Crippen LogP contribution is 2.36. The van der Waals surface area contributed by atoms with Crippen LogP contribution >= 0.6 is 11.3 Å². The molecular weight excluding hydrogens is 452 g/mol. The van der Waals surface area contributed by atoms with Gasteiger partial charge in [-0.1, -0.05) is 60.4 Å². The first-order valence-corrected chi connectivity index (χ1v) is 11.4. The van der Waals surface area contributed by atoms with E-state index in [-0.39, 0.29) is 17.7 Å². The number of methoxy groups -OCH3 is 2. The molecule has 174 valence electrons. The van der Waals surface area contributed by atoms with E-state index in [1.54, 1.807) is 32.2 Å². The fourth-order valence-electron chi connectivity index (χ4n) is 3.83. The highest BCUT2D eigenvalue weighted by atomic mass is 32.1. The zero-order chi connectivity index (χ0) is 24.2. The number of ether oxygens (including phenoxy) is 3. The van der Waals surface area contributed by atoms with Gasteiger partial charge < -0.3 is 14.2 Å². The number of esters is 1. The summed E-state index contributed by atoms with van der Waals surface area (Å²) in [6.45, 7) is 5.40. The molecule has 0 saturated carbocycles. The van der Waals surface area contributed by atoms with Crippen molar-refractivity contribution in [2.75, 3.05) is 20.8 Å². The van der Waals surface area contributed by atoms with Crippen LogP contribution in [0.2, 0.25) is 0 Å². The van der Waals surface area contributed by atoms with E-state index >= 15 is 0 Å². The van der Waals surface area contributed by atoms with Crippen LogP contribution in [0.15, 0.2) is 82.2 Å². The molecule has 1 unspecified atom stereocenters. The van der Waals surface area contributed by atoms with Crippen LogP contribution in [-0.2, 0) is 9.53 Å². The molecule has 0 bridgehead atoms. The van der Waals surface area contributed by atoms with Crippen molar-refractivity contribution >= 4 is 23.4 Å². The Kier molecular flexibility index (Phi) is 6.79. The summed E-state index contributed by atoms with van der Waals surface area (Å²) < 4.78 is 18.3. The van der Waals surface area contributed by atoms with Crippen molar-refractivity contribution in [2.24, 2.45) is 4.99 Å². The Balaban J connectivity index is 1.96. The summed E-state index contributed by atoms with van der Waals surface area (Å²) in [6, 6.07) is 14.2. The molecule has 2 aromatic carbocycles. The molecule has 2 heterocycles. The van der Waals surface area contributed by atoms with Crippen molar-refractivity contribution in [3.8, 4) is 11.5 Å². The molecule has 34 heavy (non-hydrogen) atoms. The van der Waals surface area contributed by atoms with Crippen molar-refractivity contribution in [2.45, 2.75) is 13.0 Å². The molecule has 7 nitrogen and oxygen atoms in total. The highest BCUT2D eigenvalue weighted by molar-refractivity contribution is 7.07. The van der Waals surface area contributed by atoms with Gasteiger partial charge in [0.05, 0.1) is 36.1 Å². The van der Waals surface area contributed by atoms with Gasteiger partial charge in [0, 0.05) is 0 Å². The van der Waals surface area contributed by atoms with Gasteiger partial charge >= 0.3 is 5.97 Å². The molecular formula is C26H24N2O5S. The molecule has 0 fully saturated rings. The van der Waals surface area contributed by atoms with Crippen molar-refractivity contribution in [1.82, 2.24) is 4.57 Å². The quantitative estimate of drug-likeness (QED) is 0.387. The number of hydrogen-bond acceptors (Lipinski definition) is 7. The van der Waals surface area contributed by atoms with Crippen molar-refractivity contribution < 1.29 is 19.0 Å². The molecule has 1 atom stereocenters. The number of hydrogen-bond donors (Lipinski definition) is 0. The minimum Gasteiger partial charge on any atom is -0.493 e. The summed E-state index contributed by atoms with van der Waals surface area (Å²) in [5.41, 5.74) is 2.10. The molecule has 3 aromatic rings. The van der Waals surface area contributed by atoms with E-state index in [0.717, 1.165) is 5.56 Å². The monoisotopic (exact) mass is 476 g/mol. The minimum absolute atomic E-state index is 0.0483. The van der Waals surface area contributed by atoms with Crippen molar-refractivity contribution in [1.29, 1.82) is 0 Å². The summed E-state index contributed by atoms with van der Waals surface area (Å²) in [7, 11) is 3.08. The third-order valence-corrected chi connectivity index (χ3v) is 6.38. The lowest BCUT2D eigenvalue weighted by Crippen LogP contribution is -2.40. The first-order chi connectivity index (χ1) is 16.5. The minimum atomic E-state index is -0.744. The van der Waals surface area contributed by atoms with Gasteiger partial charge in [-0.15, -0.1) is 0 Å². The van der Waals surface area contributed by atoms with Gasteiger partial charge in [0.1, 0.15) is 6.61 Å². The molecule has 0 aliphatic carbocycles. The lowest BCUT2D eigenvalue weighted by atomic mass is 9.95. The topological polar surface area (TPSA) is 79.1 Å². The van der Waals surface area contributed by atoms with Crippen LogP contribution in [0.1, 0.15) is 24.1 Å². The van der Waals surface area contributed by atoms with Crippen LogP contribution < -0.4 is 24.4 Å². The molecule has 0 saturated heterocycles. The van der Waals surface area contributed by atoms with E-state index in [1.165, 1.54) is 29.1 Å². The molecule has 4 rings (SSSR count). The predicted octanol–water partition coefficient (Wildman–Crippen LogP) is 2.98. The van der Waals surface area contributed by atoms with Crippen molar-refractivity contribution in [3.05, 3.63) is 103 Å². The number of fused-ring (bicyclic) bond motifs is 1. The Morgan fingerprint density at radius 3 is 2.56 bits per heavy atom. The van der Waals surface area contributed by atoms with Crippen LogP contribution in [0.25, 0.3) is 6.08 Å². The Labute approximate surface area is 200 Å². The number of carbonyl (C=O) groups excluding carboxylic acids is 1. The zero-order valence-corrected chi connectivity index (χ0v) is 19.9. The van der Waals surface area contributed by atoms with E-state index in [2.05, 4.69) is 11.6 Å². The number of nitrogens with zero attached hydrogens (tertiary/aromatic N) is 2. The summed E-state index contributed by atoms with van der Waals surface area (Å²) in [5, 5.41) is 0. The lowest BCUT2D eigenvalue weighted by molar-refractivity contribution is -0.138. The fraction of sp³-hybridized carbons (Fsp3) is 0.192. The van der Waals surface area contributed by atoms with Gasteiger partial charge in [-0.2, -0.15) is 0 Å². The van der Waals surface area contributed by atoms with E-state index < -0.39 is 12.0 Å². The van der Waals surface area contributed by atoms with Gasteiger partial charge in [-0.05, 0) is 36.3 Å². The smallest absolute Gasteiger partial charge is 0.338 e. The summed E-state index contributed by atoms with van der Waals surface area (Å²) in [5.74, 6) is 0.470. The molecule has 0 N–H and O–H groups in total. The molecule has 0 spiro atoms. The Morgan fingerprint density at radius 2 is 1.88 bits per heavy atom. The number of allylic oxidation sites excluding steroid dienone is 1. The summed E-state index contributed by atoms with van der Waals surface area (Å²) in [6.07, 6.45) is 3.32. The maximum absolute atomic E-state index is 13.6. The molecule has 0 amide bonds. The fourth-order valence-corrected chi connectivity index (χ4v) is 4.88. The van der Waals surface area contributed by atoms with E-state index in [1.807, 2.05) is 36.4 Å². The first-order valence-electron chi connectivity index (χ1n) is 10.6. The molecule has 1 aromatic heterocycles. The van der Waals surface area contributed by atoms with Gasteiger partial charge in [-0.3, -0.25) is 9.36 Å². The van der Waals surface area contributed by atoms with Gasteiger partial charge in [0.25, 0.3) is 5.56 Å². The maximum atomic E-state index is 13.6. The molecule has 1 aliphatic rings. The van der Waals surface area contributed by atoms with E-state index in [4.69, 9.17) is 14.2 Å². The molecule has 8 heteroatoms. The van der Waals surface area contributed by atoms with Gasteiger partial charge in [0.2, 0.25) is 0 Å². The standard InChI is InChI=1S/C26H24N2O5S/c1-5-13-33-25(30)22-16(2)27-26-28(23(22)18-11-12-19(31-3)20(15-18)32-4)24(29)21(34-26)14-17-9-7-6-8-10-17/h5-12,14-15,23H,1,13H2,2-4H3/b21-14-. The lowest BCUT2D eigenvalue weighted by Gasteiger charge is -2.25. The molecule has 1 aliphatic heterocycles. The largest absolute Gasteiger partial charge is 0.493 e. The Morgan fingerprint density at radius 1 is 1.15 bits per heavy atom. The molecule has 0 radical (unpaired) electrons. The van der Waals surface area contributed by atoms with Crippen molar-refractivity contribution in [3.63, 3.8) is 0 Å². The summed E-state index contributed by atoms with van der Waals surface area (Å²) >= 11 is 1.28. The third-order valence-electron chi connectivity index (χ3n) is 5.39. The van der Waals surface area contributed by atoms with E-state index in [0.29, 0.717) is 32.1 Å². The van der Waals surface area contributed by atoms with Gasteiger partial charge in [-0.25, -0.2) is 9.79 Å². The average molecular weight is 477 g/mol. The predicted molar refractivity (Wildman–Crippen MR) is 131 cm³/mol. The average Bonchev–Trinajstić information content (AvgIpc) is 3.16. The number of thiazole rings is 1. The second-order valence-electron chi connectivity index (χ2n) is 7.49. The number of aromatic nitrogens is 1. The normalized spacial score (nSPS) is 15.4. The van der Waals surface area contributed by atoms with Crippen LogP contribution in [0, 0.1) is 0 Å². The number of carbonyl (C=O) groups is 1. The second kappa shape index (κ2) is 9.93. The number of benzene rings is 2. The Bertz CT molecular complexity index is 1450. The van der Waals surface area contributed by atoms with Crippen LogP contribution in [0.3, 0.4) is 0 Å². The third kappa shape index (κ3) is 4.32. The van der Waals surface area contributed by atoms with Crippen LogP contribution in [-0.4, -0.2) is 31.4 Å². The van der Waals surface area contributed by atoms with E-state index in [9.17, 15) is 9.59 Å². The summed E-state index contributed by atoms with van der Waals surface area (Å²) in [4.78, 5) is 31.8. The first kappa shape index (κ1) is 23.3. The zero-order valence-electron chi connectivity index (χ0n) is 19.1. The maximum Gasteiger partial charge on any atom is 0.338 e. The number of rotatable bonds is 7.